The van der Waals surface area contributed by atoms with Gasteiger partial charge >= 0.3 is 0 Å². The van der Waals surface area contributed by atoms with Gasteiger partial charge in [-0.05, 0) is 67.8 Å². The minimum absolute atomic E-state index is 0.264. The zero-order valence-electron chi connectivity index (χ0n) is 15.9. The molecule has 0 fully saturated rings. The highest BCUT2D eigenvalue weighted by Crippen LogP contribution is 2.31. The second-order valence-corrected chi connectivity index (χ2v) is 7.68. The van der Waals surface area contributed by atoms with Crippen molar-refractivity contribution in [3.63, 3.8) is 0 Å². The van der Waals surface area contributed by atoms with Crippen molar-refractivity contribution in [1.82, 2.24) is 20.1 Å². The van der Waals surface area contributed by atoms with E-state index in [1.54, 1.807) is 6.20 Å². The fourth-order valence-electron chi connectivity index (χ4n) is 3.91. The number of nitrogens with one attached hydrogen (secondary N) is 1. The average molecular weight is 405 g/mol. The molecule has 5 nitrogen and oxygen atoms in total. The molecule has 0 aliphatic heterocycles. The average Bonchev–Trinajstić information content (AvgIpc) is 3.41. The number of fused-ring (bicyclic) bond motifs is 1. The molecular weight excluding hydrogens is 384 g/mol. The lowest BCUT2D eigenvalue weighted by atomic mass is 9.93. The van der Waals surface area contributed by atoms with Crippen LogP contribution in [0.1, 0.15) is 35.9 Å². The topological polar surface area (TPSA) is 55.9 Å². The van der Waals surface area contributed by atoms with Gasteiger partial charge in [0.25, 0.3) is 0 Å². The maximum absolute atomic E-state index is 6.03. The van der Waals surface area contributed by atoms with Crippen molar-refractivity contribution in [3.8, 4) is 17.1 Å². The molecule has 0 radical (unpaired) electrons. The van der Waals surface area contributed by atoms with Gasteiger partial charge in [0.05, 0.1) is 18.4 Å². The van der Waals surface area contributed by atoms with E-state index in [4.69, 9.17) is 16.0 Å². The first-order valence-electron chi connectivity index (χ1n) is 9.84. The van der Waals surface area contributed by atoms with Gasteiger partial charge in [-0.1, -0.05) is 17.7 Å². The molecule has 1 aromatic carbocycles. The normalized spacial score (nSPS) is 16.0. The molecule has 0 unspecified atom stereocenters. The lowest BCUT2D eigenvalue weighted by molar-refractivity contribution is 0.418. The smallest absolute Gasteiger partial charge is 0.153 e. The van der Waals surface area contributed by atoms with Gasteiger partial charge in [-0.25, -0.2) is 9.67 Å². The Morgan fingerprint density at radius 1 is 1.10 bits per heavy atom. The highest BCUT2D eigenvalue weighted by atomic mass is 35.5. The molecule has 1 aliphatic rings. The summed E-state index contributed by atoms with van der Waals surface area (Å²) >= 11 is 5.97. The SMILES string of the molecule is Clc1ccc(-c2ccc(CN[C@H]3CCCc4c3cnn4-c3ccccn3)o2)cc1. The second kappa shape index (κ2) is 7.85. The van der Waals surface area contributed by atoms with Gasteiger partial charge in [-0.3, -0.25) is 0 Å². The summed E-state index contributed by atoms with van der Waals surface area (Å²) in [5.74, 6) is 2.64. The zero-order valence-corrected chi connectivity index (χ0v) is 16.6. The number of aromatic nitrogens is 3. The standard InChI is InChI=1S/C23H21ClN4O/c24-17-9-7-16(8-10-17)22-12-11-18(29-22)14-26-20-4-3-5-21-19(20)15-27-28(21)23-6-1-2-13-25-23/h1-2,6-13,15,20,26H,3-5,14H2/t20-/m0/s1. The number of hydrogen-bond acceptors (Lipinski definition) is 4. The van der Waals surface area contributed by atoms with Crippen molar-refractivity contribution in [2.24, 2.45) is 0 Å². The van der Waals surface area contributed by atoms with Crippen molar-refractivity contribution in [2.75, 3.05) is 0 Å². The third kappa shape index (κ3) is 3.71. The van der Waals surface area contributed by atoms with Crippen LogP contribution >= 0.6 is 11.6 Å². The first-order chi connectivity index (χ1) is 14.3. The highest BCUT2D eigenvalue weighted by molar-refractivity contribution is 6.30. The molecule has 1 N–H and O–H groups in total. The van der Waals surface area contributed by atoms with Crippen LogP contribution < -0.4 is 5.32 Å². The Hall–Kier alpha value is -2.89. The maximum atomic E-state index is 6.03. The van der Waals surface area contributed by atoms with Gasteiger partial charge in [-0.2, -0.15) is 5.10 Å². The lowest BCUT2D eigenvalue weighted by Crippen LogP contribution is -2.25. The van der Waals surface area contributed by atoms with Crippen LogP contribution in [0.2, 0.25) is 5.02 Å². The molecular formula is C23H21ClN4O. The van der Waals surface area contributed by atoms with Gasteiger partial charge in [0.1, 0.15) is 11.5 Å². The van der Waals surface area contributed by atoms with Crippen molar-refractivity contribution in [2.45, 2.75) is 31.8 Å². The predicted octanol–water partition coefficient (Wildman–Crippen LogP) is 5.35. The van der Waals surface area contributed by atoms with E-state index in [9.17, 15) is 0 Å². The molecule has 0 saturated carbocycles. The third-order valence-corrected chi connectivity index (χ3v) is 5.61. The van der Waals surface area contributed by atoms with Crippen LogP contribution in [0.3, 0.4) is 0 Å². The predicted molar refractivity (Wildman–Crippen MR) is 113 cm³/mol. The van der Waals surface area contributed by atoms with Crippen molar-refractivity contribution in [3.05, 3.63) is 89.0 Å². The fraction of sp³-hybridized carbons (Fsp3) is 0.217. The van der Waals surface area contributed by atoms with E-state index in [0.717, 1.165) is 47.2 Å². The van der Waals surface area contributed by atoms with Gasteiger partial charge in [0.15, 0.2) is 5.82 Å². The number of benzene rings is 1. The van der Waals surface area contributed by atoms with Crippen LogP contribution in [0.25, 0.3) is 17.1 Å². The van der Waals surface area contributed by atoms with Crippen LogP contribution in [0.5, 0.6) is 0 Å². The molecule has 0 bridgehead atoms. The maximum Gasteiger partial charge on any atom is 0.153 e. The summed E-state index contributed by atoms with van der Waals surface area (Å²) in [5, 5.41) is 8.97. The number of hydrogen-bond donors (Lipinski definition) is 1. The highest BCUT2D eigenvalue weighted by Gasteiger charge is 2.25. The zero-order chi connectivity index (χ0) is 19.6. The minimum Gasteiger partial charge on any atom is -0.460 e. The Balaban J connectivity index is 1.31. The van der Waals surface area contributed by atoms with Gasteiger partial charge in [0, 0.05) is 28.4 Å². The molecule has 6 heteroatoms. The summed E-state index contributed by atoms with van der Waals surface area (Å²) in [6.45, 7) is 0.673. The quantitative estimate of drug-likeness (QED) is 0.487. The Morgan fingerprint density at radius 2 is 2.00 bits per heavy atom. The monoisotopic (exact) mass is 404 g/mol. The van der Waals surface area contributed by atoms with Crippen molar-refractivity contribution >= 4 is 11.6 Å². The summed E-state index contributed by atoms with van der Waals surface area (Å²) in [6.07, 6.45) is 7.01. The first kappa shape index (κ1) is 18.2. The van der Waals surface area contributed by atoms with Gasteiger partial charge < -0.3 is 9.73 Å². The summed E-state index contributed by atoms with van der Waals surface area (Å²) < 4.78 is 7.99. The molecule has 146 valence electrons. The molecule has 1 atom stereocenters. The van der Waals surface area contributed by atoms with E-state index in [2.05, 4.69) is 15.4 Å². The number of halogens is 1. The Morgan fingerprint density at radius 3 is 2.83 bits per heavy atom. The van der Waals surface area contributed by atoms with E-state index >= 15 is 0 Å². The first-order valence-corrected chi connectivity index (χ1v) is 10.2. The van der Waals surface area contributed by atoms with Gasteiger partial charge in [-0.15, -0.1) is 0 Å². The summed E-state index contributed by atoms with van der Waals surface area (Å²) in [7, 11) is 0. The molecule has 1 aliphatic carbocycles. The third-order valence-electron chi connectivity index (χ3n) is 5.36. The lowest BCUT2D eigenvalue weighted by Gasteiger charge is -2.23. The van der Waals surface area contributed by atoms with Crippen molar-refractivity contribution < 1.29 is 4.42 Å². The fourth-order valence-corrected chi connectivity index (χ4v) is 4.04. The van der Waals surface area contributed by atoms with Crippen LogP contribution in [0.4, 0.5) is 0 Å². The molecule has 3 aromatic heterocycles. The van der Waals surface area contributed by atoms with E-state index in [1.165, 1.54) is 11.3 Å². The number of rotatable bonds is 5. The van der Waals surface area contributed by atoms with Gasteiger partial charge in [0.2, 0.25) is 0 Å². The van der Waals surface area contributed by atoms with Crippen LogP contribution in [-0.4, -0.2) is 14.8 Å². The Bertz CT molecular complexity index is 1100. The second-order valence-electron chi connectivity index (χ2n) is 7.24. The minimum atomic E-state index is 0.264. The summed E-state index contributed by atoms with van der Waals surface area (Å²) in [4.78, 5) is 4.44. The number of furan rings is 1. The molecule has 4 aromatic rings. The van der Waals surface area contributed by atoms with E-state index < -0.39 is 0 Å². The van der Waals surface area contributed by atoms with Crippen molar-refractivity contribution in [1.29, 1.82) is 0 Å². The van der Waals surface area contributed by atoms with Crippen LogP contribution in [-0.2, 0) is 13.0 Å². The molecule has 0 spiro atoms. The molecule has 29 heavy (non-hydrogen) atoms. The number of pyridine rings is 1. The molecule has 0 amide bonds. The van der Waals surface area contributed by atoms with E-state index in [0.29, 0.717) is 6.54 Å². The number of nitrogens with zero attached hydrogens (tertiary/aromatic N) is 3. The van der Waals surface area contributed by atoms with E-state index in [1.807, 2.05) is 65.5 Å². The summed E-state index contributed by atoms with van der Waals surface area (Å²) in [6, 6.07) is 17.9. The molecule has 3 heterocycles. The van der Waals surface area contributed by atoms with Crippen LogP contribution in [0, 0.1) is 0 Å². The Kier molecular flexibility index (Phi) is 4.92. The van der Waals surface area contributed by atoms with Crippen LogP contribution in [0.15, 0.2) is 71.4 Å². The molecule has 5 rings (SSSR count). The molecule has 0 saturated heterocycles. The summed E-state index contributed by atoms with van der Waals surface area (Å²) in [5.41, 5.74) is 3.53. The van der Waals surface area contributed by atoms with E-state index in [-0.39, 0.29) is 6.04 Å². The Labute approximate surface area is 174 Å². The largest absolute Gasteiger partial charge is 0.460 e.